The maximum atomic E-state index is 12.0. The first-order valence-electron chi connectivity index (χ1n) is 7.97. The van der Waals surface area contributed by atoms with Gasteiger partial charge < -0.3 is 19.3 Å². The summed E-state index contributed by atoms with van der Waals surface area (Å²) in [5.41, 5.74) is 1.73. The van der Waals surface area contributed by atoms with Gasteiger partial charge in [0.05, 0.1) is 20.1 Å². The Morgan fingerprint density at radius 2 is 2.08 bits per heavy atom. The van der Waals surface area contributed by atoms with E-state index in [1.807, 2.05) is 25.1 Å². The zero-order chi connectivity index (χ0) is 17.1. The predicted octanol–water partition coefficient (Wildman–Crippen LogP) is 3.63. The smallest absolute Gasteiger partial charge is 0.312 e. The molecule has 0 radical (unpaired) electrons. The number of fused-ring (bicyclic) bond motifs is 1. The van der Waals surface area contributed by atoms with Crippen LogP contribution in [0.15, 0.2) is 36.4 Å². The molecule has 1 aliphatic heterocycles. The fourth-order valence-corrected chi connectivity index (χ4v) is 2.94. The Morgan fingerprint density at radius 1 is 1.25 bits per heavy atom. The molecule has 1 N–H and O–H groups in total. The van der Waals surface area contributed by atoms with E-state index in [1.54, 1.807) is 19.2 Å². The van der Waals surface area contributed by atoms with E-state index in [-0.39, 0.29) is 24.1 Å². The molecular formula is C19H20O5. The van der Waals surface area contributed by atoms with Crippen molar-refractivity contribution in [2.75, 3.05) is 13.7 Å². The number of para-hydroxylation sites is 1. The molecule has 1 atom stereocenters. The first-order chi connectivity index (χ1) is 11.6. The number of carbonyl (C=O) groups excluding carboxylic acids is 1. The molecule has 126 valence electrons. The maximum Gasteiger partial charge on any atom is 0.312 e. The molecule has 2 aromatic carbocycles. The Morgan fingerprint density at radius 3 is 2.83 bits per heavy atom. The van der Waals surface area contributed by atoms with Crippen LogP contribution in [0.5, 0.6) is 23.0 Å². The van der Waals surface area contributed by atoms with Gasteiger partial charge in [0.1, 0.15) is 11.5 Å². The number of benzene rings is 2. The average molecular weight is 328 g/mol. The standard InChI is InChI=1S/C19H20O5/c1-3-9-23-19-14(5-4-6-16(19)22-2)15-11-18(21)24-17-10-12(20)7-8-13(15)17/h4-8,10,15,20H,3,9,11H2,1-2H3. The molecule has 0 aliphatic carbocycles. The van der Waals surface area contributed by atoms with Crippen molar-refractivity contribution >= 4 is 5.97 Å². The van der Waals surface area contributed by atoms with Crippen LogP contribution >= 0.6 is 0 Å². The molecule has 0 saturated carbocycles. The molecule has 24 heavy (non-hydrogen) atoms. The van der Waals surface area contributed by atoms with Gasteiger partial charge in [-0.05, 0) is 18.6 Å². The van der Waals surface area contributed by atoms with Gasteiger partial charge in [-0.15, -0.1) is 0 Å². The normalized spacial score (nSPS) is 16.2. The van der Waals surface area contributed by atoms with Crippen molar-refractivity contribution < 1.29 is 24.1 Å². The maximum absolute atomic E-state index is 12.0. The van der Waals surface area contributed by atoms with Gasteiger partial charge in [0, 0.05) is 23.1 Å². The fourth-order valence-electron chi connectivity index (χ4n) is 2.94. The van der Waals surface area contributed by atoms with Gasteiger partial charge in [0.2, 0.25) is 0 Å². The van der Waals surface area contributed by atoms with E-state index < -0.39 is 0 Å². The van der Waals surface area contributed by atoms with Crippen LogP contribution in [-0.2, 0) is 4.79 Å². The first-order valence-corrected chi connectivity index (χ1v) is 7.97. The van der Waals surface area contributed by atoms with Crippen molar-refractivity contribution in [1.82, 2.24) is 0 Å². The highest BCUT2D eigenvalue weighted by atomic mass is 16.5. The van der Waals surface area contributed by atoms with Crippen molar-refractivity contribution in [2.24, 2.45) is 0 Å². The Balaban J connectivity index is 2.10. The number of esters is 1. The van der Waals surface area contributed by atoms with Gasteiger partial charge in [-0.3, -0.25) is 4.79 Å². The lowest BCUT2D eigenvalue weighted by atomic mass is 9.85. The van der Waals surface area contributed by atoms with E-state index >= 15 is 0 Å². The molecule has 5 heteroatoms. The minimum atomic E-state index is -0.331. The second-order valence-corrected chi connectivity index (χ2v) is 5.68. The highest BCUT2D eigenvalue weighted by Gasteiger charge is 2.31. The van der Waals surface area contributed by atoms with Crippen LogP contribution in [0.1, 0.15) is 36.8 Å². The third-order valence-electron chi connectivity index (χ3n) is 4.02. The highest BCUT2D eigenvalue weighted by Crippen LogP contribution is 2.45. The third kappa shape index (κ3) is 3.02. The summed E-state index contributed by atoms with van der Waals surface area (Å²) in [6.07, 6.45) is 1.09. The van der Waals surface area contributed by atoms with E-state index in [0.717, 1.165) is 17.5 Å². The minimum absolute atomic E-state index is 0.0651. The number of methoxy groups -OCH3 is 1. The molecule has 1 unspecified atom stereocenters. The van der Waals surface area contributed by atoms with Crippen LogP contribution in [0.3, 0.4) is 0 Å². The van der Waals surface area contributed by atoms with Gasteiger partial charge in [-0.25, -0.2) is 0 Å². The highest BCUT2D eigenvalue weighted by molar-refractivity contribution is 5.78. The molecular weight excluding hydrogens is 308 g/mol. The molecule has 1 heterocycles. The predicted molar refractivity (Wildman–Crippen MR) is 89.0 cm³/mol. The van der Waals surface area contributed by atoms with Crippen molar-refractivity contribution in [3.05, 3.63) is 47.5 Å². The number of hydrogen-bond acceptors (Lipinski definition) is 5. The van der Waals surface area contributed by atoms with Crippen molar-refractivity contribution in [2.45, 2.75) is 25.7 Å². The summed E-state index contributed by atoms with van der Waals surface area (Å²) in [4.78, 5) is 12.0. The van der Waals surface area contributed by atoms with Crippen molar-refractivity contribution in [1.29, 1.82) is 0 Å². The summed E-state index contributed by atoms with van der Waals surface area (Å²) < 4.78 is 16.6. The molecule has 3 rings (SSSR count). The average Bonchev–Trinajstić information content (AvgIpc) is 2.58. The van der Waals surface area contributed by atoms with E-state index in [4.69, 9.17) is 14.2 Å². The molecule has 2 aromatic rings. The van der Waals surface area contributed by atoms with Crippen LogP contribution < -0.4 is 14.2 Å². The lowest BCUT2D eigenvalue weighted by Crippen LogP contribution is -2.21. The van der Waals surface area contributed by atoms with Gasteiger partial charge in [0.15, 0.2) is 11.5 Å². The van der Waals surface area contributed by atoms with Crippen LogP contribution in [0.2, 0.25) is 0 Å². The molecule has 0 fully saturated rings. The van der Waals surface area contributed by atoms with Crippen molar-refractivity contribution in [3.8, 4) is 23.0 Å². The number of aromatic hydroxyl groups is 1. The molecule has 0 spiro atoms. The van der Waals surface area contributed by atoms with Gasteiger partial charge >= 0.3 is 5.97 Å². The first kappa shape index (κ1) is 16.2. The fraction of sp³-hybridized carbons (Fsp3) is 0.316. The summed E-state index contributed by atoms with van der Waals surface area (Å²) >= 11 is 0. The number of ether oxygens (including phenoxy) is 3. The summed E-state index contributed by atoms with van der Waals surface area (Å²) in [6.45, 7) is 2.60. The Kier molecular flexibility index (Phi) is 4.60. The second-order valence-electron chi connectivity index (χ2n) is 5.68. The Hall–Kier alpha value is -2.69. The zero-order valence-corrected chi connectivity index (χ0v) is 13.7. The topological polar surface area (TPSA) is 65.0 Å². The summed E-state index contributed by atoms with van der Waals surface area (Å²) in [5.74, 6) is 1.21. The molecule has 0 aromatic heterocycles. The monoisotopic (exact) mass is 328 g/mol. The largest absolute Gasteiger partial charge is 0.508 e. The van der Waals surface area contributed by atoms with Crippen LogP contribution in [-0.4, -0.2) is 24.8 Å². The minimum Gasteiger partial charge on any atom is -0.508 e. The number of hydrogen-bond donors (Lipinski definition) is 1. The van der Waals surface area contributed by atoms with E-state index in [9.17, 15) is 9.90 Å². The van der Waals surface area contributed by atoms with Gasteiger partial charge in [-0.2, -0.15) is 0 Å². The number of phenols is 1. The quantitative estimate of drug-likeness (QED) is 0.671. The zero-order valence-electron chi connectivity index (χ0n) is 13.7. The molecule has 1 aliphatic rings. The second kappa shape index (κ2) is 6.83. The van der Waals surface area contributed by atoms with Crippen LogP contribution in [0.25, 0.3) is 0 Å². The SMILES string of the molecule is CCCOc1c(OC)cccc1C1CC(=O)Oc2cc(O)ccc21. The van der Waals surface area contributed by atoms with Gasteiger partial charge in [0.25, 0.3) is 0 Å². The summed E-state index contributed by atoms with van der Waals surface area (Å²) in [6, 6.07) is 10.5. The summed E-state index contributed by atoms with van der Waals surface area (Å²) in [7, 11) is 1.60. The lowest BCUT2D eigenvalue weighted by Gasteiger charge is -2.27. The number of carbonyl (C=O) groups is 1. The van der Waals surface area contributed by atoms with Crippen LogP contribution in [0, 0.1) is 0 Å². The van der Waals surface area contributed by atoms with Crippen LogP contribution in [0.4, 0.5) is 0 Å². The van der Waals surface area contributed by atoms with E-state index in [0.29, 0.717) is 23.9 Å². The third-order valence-corrected chi connectivity index (χ3v) is 4.02. The van der Waals surface area contributed by atoms with E-state index in [1.165, 1.54) is 6.07 Å². The van der Waals surface area contributed by atoms with Gasteiger partial charge in [-0.1, -0.05) is 25.1 Å². The summed E-state index contributed by atoms with van der Waals surface area (Å²) in [5, 5.41) is 9.65. The van der Waals surface area contributed by atoms with Crippen molar-refractivity contribution in [3.63, 3.8) is 0 Å². The molecule has 0 amide bonds. The molecule has 5 nitrogen and oxygen atoms in total. The Labute approximate surface area is 140 Å². The lowest BCUT2D eigenvalue weighted by molar-refractivity contribution is -0.135. The molecule has 0 saturated heterocycles. The van der Waals surface area contributed by atoms with E-state index in [2.05, 4.69) is 0 Å². The Bertz CT molecular complexity index is 753. The number of rotatable bonds is 5. The number of phenolic OH excluding ortho intramolecular Hbond substituents is 1. The molecule has 0 bridgehead atoms.